The molecule has 4 heteroatoms. The largest absolute Gasteiger partial charge is 0.507 e. The second-order valence-corrected chi connectivity index (χ2v) is 4.87. The number of carbonyl (C=O) groups excluding carboxylic acids is 1. The van der Waals surface area contributed by atoms with E-state index in [4.69, 9.17) is 0 Å². The van der Waals surface area contributed by atoms with E-state index in [1.165, 1.54) is 6.20 Å². The van der Waals surface area contributed by atoms with Gasteiger partial charge in [-0.05, 0) is 24.6 Å². The van der Waals surface area contributed by atoms with Crippen molar-refractivity contribution in [3.8, 4) is 17.0 Å². The zero-order chi connectivity index (χ0) is 14.8. The van der Waals surface area contributed by atoms with Gasteiger partial charge in [0.2, 0.25) is 5.78 Å². The summed E-state index contributed by atoms with van der Waals surface area (Å²) in [5, 5.41) is 16.8. The maximum absolute atomic E-state index is 12.6. The van der Waals surface area contributed by atoms with Crippen LogP contribution in [0.4, 0.5) is 0 Å². The lowest BCUT2D eigenvalue weighted by Crippen LogP contribution is -2.02. The molecule has 2 aromatic carbocycles. The van der Waals surface area contributed by atoms with Gasteiger partial charge in [-0.25, -0.2) is 0 Å². The highest BCUT2D eigenvalue weighted by molar-refractivity contribution is 6.13. The summed E-state index contributed by atoms with van der Waals surface area (Å²) in [6, 6.07) is 14.5. The molecule has 0 aliphatic heterocycles. The van der Waals surface area contributed by atoms with Gasteiger partial charge in [-0.2, -0.15) is 5.10 Å². The Morgan fingerprint density at radius 2 is 1.86 bits per heavy atom. The lowest BCUT2D eigenvalue weighted by atomic mass is 9.99. The Hall–Kier alpha value is -2.88. The first kappa shape index (κ1) is 13.1. The normalized spacial score (nSPS) is 10.5. The van der Waals surface area contributed by atoms with E-state index in [0.29, 0.717) is 11.3 Å². The lowest BCUT2D eigenvalue weighted by Gasteiger charge is -2.05. The number of hydrogen-bond acceptors (Lipinski definition) is 3. The monoisotopic (exact) mass is 278 g/mol. The van der Waals surface area contributed by atoms with Gasteiger partial charge in [0.15, 0.2) is 0 Å². The molecule has 0 saturated heterocycles. The van der Waals surface area contributed by atoms with Gasteiger partial charge in [0.05, 0.1) is 23.0 Å². The number of carbonyl (C=O) groups is 1. The van der Waals surface area contributed by atoms with E-state index in [1.54, 1.807) is 18.2 Å². The highest BCUT2D eigenvalue weighted by atomic mass is 16.3. The molecule has 1 heterocycles. The van der Waals surface area contributed by atoms with Crippen LogP contribution in [0.3, 0.4) is 0 Å². The molecule has 0 saturated carbocycles. The van der Waals surface area contributed by atoms with Gasteiger partial charge >= 0.3 is 0 Å². The molecule has 3 aromatic rings. The fourth-order valence-electron chi connectivity index (χ4n) is 2.26. The molecule has 0 aliphatic rings. The van der Waals surface area contributed by atoms with Crippen LogP contribution in [0.1, 0.15) is 21.5 Å². The van der Waals surface area contributed by atoms with Crippen molar-refractivity contribution in [2.24, 2.45) is 0 Å². The summed E-state index contributed by atoms with van der Waals surface area (Å²) < 4.78 is 0. The van der Waals surface area contributed by atoms with Crippen molar-refractivity contribution in [2.45, 2.75) is 6.92 Å². The fourth-order valence-corrected chi connectivity index (χ4v) is 2.26. The smallest absolute Gasteiger partial charge is 0.200 e. The number of aromatic hydroxyl groups is 1. The minimum absolute atomic E-state index is 0.0137. The summed E-state index contributed by atoms with van der Waals surface area (Å²) >= 11 is 0. The third kappa shape index (κ3) is 2.43. The standard InChI is InChI=1S/C17H14N2O2/c1-11-7-8-13(15(20)9-11)17(21)14-10-18-19-16(14)12-5-3-2-4-6-12/h2-10,20H,1H3,(H,18,19). The van der Waals surface area contributed by atoms with Gasteiger partial charge in [0.1, 0.15) is 5.75 Å². The van der Waals surface area contributed by atoms with Crippen molar-refractivity contribution in [2.75, 3.05) is 0 Å². The molecule has 0 bridgehead atoms. The summed E-state index contributed by atoms with van der Waals surface area (Å²) in [4.78, 5) is 12.6. The molecule has 2 N–H and O–H groups in total. The fraction of sp³-hybridized carbons (Fsp3) is 0.0588. The van der Waals surface area contributed by atoms with E-state index >= 15 is 0 Å². The first-order chi connectivity index (χ1) is 10.2. The third-order valence-electron chi connectivity index (χ3n) is 3.34. The van der Waals surface area contributed by atoms with E-state index in [9.17, 15) is 9.90 Å². The number of aromatic nitrogens is 2. The lowest BCUT2D eigenvalue weighted by molar-refractivity contribution is 0.103. The molecular formula is C17H14N2O2. The quantitative estimate of drug-likeness (QED) is 0.722. The third-order valence-corrected chi connectivity index (χ3v) is 3.34. The van der Waals surface area contributed by atoms with Crippen LogP contribution in [0.2, 0.25) is 0 Å². The number of phenols is 1. The van der Waals surface area contributed by atoms with Crippen molar-refractivity contribution in [1.82, 2.24) is 10.2 Å². The number of nitrogens with zero attached hydrogens (tertiary/aromatic N) is 1. The van der Waals surface area contributed by atoms with Crippen LogP contribution in [0, 0.1) is 6.92 Å². The number of H-pyrrole nitrogens is 1. The number of benzene rings is 2. The first-order valence-electron chi connectivity index (χ1n) is 6.60. The Morgan fingerprint density at radius 1 is 1.10 bits per heavy atom. The molecule has 1 aromatic heterocycles. The number of hydrogen-bond donors (Lipinski definition) is 2. The molecule has 0 aliphatic carbocycles. The van der Waals surface area contributed by atoms with Crippen molar-refractivity contribution < 1.29 is 9.90 Å². The minimum atomic E-state index is -0.250. The average Bonchev–Trinajstić information content (AvgIpc) is 2.97. The summed E-state index contributed by atoms with van der Waals surface area (Å²) in [5.41, 5.74) is 3.16. The van der Waals surface area contributed by atoms with E-state index in [2.05, 4.69) is 10.2 Å². The molecule has 0 atom stereocenters. The van der Waals surface area contributed by atoms with E-state index in [-0.39, 0.29) is 17.1 Å². The van der Waals surface area contributed by atoms with Crippen molar-refractivity contribution >= 4 is 5.78 Å². The molecule has 21 heavy (non-hydrogen) atoms. The van der Waals surface area contributed by atoms with E-state index in [1.807, 2.05) is 37.3 Å². The number of rotatable bonds is 3. The van der Waals surface area contributed by atoms with Crippen LogP contribution in [-0.4, -0.2) is 21.1 Å². The van der Waals surface area contributed by atoms with Gasteiger partial charge in [-0.15, -0.1) is 0 Å². The van der Waals surface area contributed by atoms with Gasteiger partial charge in [-0.3, -0.25) is 9.89 Å². The van der Waals surface area contributed by atoms with Crippen LogP contribution < -0.4 is 0 Å². The van der Waals surface area contributed by atoms with Gasteiger partial charge in [0, 0.05) is 5.56 Å². The topological polar surface area (TPSA) is 66.0 Å². The molecule has 4 nitrogen and oxygen atoms in total. The van der Waals surface area contributed by atoms with Crippen LogP contribution in [-0.2, 0) is 0 Å². The number of aromatic amines is 1. The number of phenolic OH excluding ortho intramolecular Hbond substituents is 1. The predicted molar refractivity (Wildman–Crippen MR) is 80.3 cm³/mol. The summed E-state index contributed by atoms with van der Waals surface area (Å²) in [5.74, 6) is -0.264. The molecule has 0 amide bonds. The second kappa shape index (κ2) is 5.25. The second-order valence-electron chi connectivity index (χ2n) is 4.87. The Balaban J connectivity index is 2.06. The van der Waals surface area contributed by atoms with Gasteiger partial charge < -0.3 is 5.11 Å². The number of aryl methyl sites for hydroxylation is 1. The molecule has 0 unspecified atom stereocenters. The zero-order valence-corrected chi connectivity index (χ0v) is 11.5. The molecule has 104 valence electrons. The first-order valence-corrected chi connectivity index (χ1v) is 6.60. The summed E-state index contributed by atoms with van der Waals surface area (Å²) in [6.45, 7) is 1.86. The SMILES string of the molecule is Cc1ccc(C(=O)c2cn[nH]c2-c2ccccc2)c(O)c1. The maximum Gasteiger partial charge on any atom is 0.200 e. The molecule has 0 spiro atoms. The Bertz CT molecular complexity index is 792. The van der Waals surface area contributed by atoms with Crippen LogP contribution >= 0.6 is 0 Å². The van der Waals surface area contributed by atoms with Gasteiger partial charge in [0.25, 0.3) is 0 Å². The van der Waals surface area contributed by atoms with E-state index in [0.717, 1.165) is 11.1 Å². The predicted octanol–water partition coefficient (Wildman–Crippen LogP) is 3.32. The number of ketones is 1. The van der Waals surface area contributed by atoms with Crippen molar-refractivity contribution in [3.05, 3.63) is 71.4 Å². The van der Waals surface area contributed by atoms with Crippen LogP contribution in [0.25, 0.3) is 11.3 Å². The maximum atomic E-state index is 12.6. The van der Waals surface area contributed by atoms with E-state index < -0.39 is 0 Å². The minimum Gasteiger partial charge on any atom is -0.507 e. The highest BCUT2D eigenvalue weighted by Crippen LogP contribution is 2.27. The van der Waals surface area contributed by atoms with Crippen molar-refractivity contribution in [3.63, 3.8) is 0 Å². The molecule has 0 radical (unpaired) electrons. The summed E-state index contributed by atoms with van der Waals surface area (Å²) in [7, 11) is 0. The summed E-state index contributed by atoms with van der Waals surface area (Å²) in [6.07, 6.45) is 1.49. The average molecular weight is 278 g/mol. The Morgan fingerprint density at radius 3 is 2.57 bits per heavy atom. The van der Waals surface area contributed by atoms with Crippen LogP contribution in [0.5, 0.6) is 5.75 Å². The number of nitrogens with one attached hydrogen (secondary N) is 1. The Kier molecular flexibility index (Phi) is 3.28. The van der Waals surface area contributed by atoms with Crippen LogP contribution in [0.15, 0.2) is 54.7 Å². The molecular weight excluding hydrogens is 264 g/mol. The van der Waals surface area contributed by atoms with Gasteiger partial charge in [-0.1, -0.05) is 36.4 Å². The van der Waals surface area contributed by atoms with Crippen molar-refractivity contribution in [1.29, 1.82) is 0 Å². The Labute approximate surface area is 122 Å². The molecule has 3 rings (SSSR count). The zero-order valence-electron chi connectivity index (χ0n) is 11.5. The molecule has 0 fully saturated rings. The highest BCUT2D eigenvalue weighted by Gasteiger charge is 2.19.